The van der Waals surface area contributed by atoms with Gasteiger partial charge in [0, 0.05) is 14.1 Å². The first-order valence-corrected chi connectivity index (χ1v) is 6.45. The van der Waals surface area contributed by atoms with Gasteiger partial charge in [-0.1, -0.05) is 0 Å². The molecule has 7 heteroatoms. The van der Waals surface area contributed by atoms with Crippen LogP contribution >= 0.6 is 0 Å². The zero-order valence-electron chi connectivity index (χ0n) is 12.3. The first kappa shape index (κ1) is 15.9. The van der Waals surface area contributed by atoms with E-state index in [9.17, 15) is 18.0 Å². The summed E-state index contributed by atoms with van der Waals surface area (Å²) in [5, 5.41) is 2.46. The number of furan rings is 1. The molecule has 2 rings (SSSR count). The number of alkyl halides is 3. The Morgan fingerprint density at radius 2 is 1.86 bits per heavy atom. The van der Waals surface area contributed by atoms with Crippen molar-refractivity contribution in [1.29, 1.82) is 0 Å². The van der Waals surface area contributed by atoms with Gasteiger partial charge < -0.3 is 14.6 Å². The predicted molar refractivity (Wildman–Crippen MR) is 77.2 cm³/mol. The lowest BCUT2D eigenvalue weighted by Crippen LogP contribution is -2.17. The summed E-state index contributed by atoms with van der Waals surface area (Å²) in [6, 6.07) is 6.26. The molecule has 0 atom stereocenters. The van der Waals surface area contributed by atoms with E-state index in [1.165, 1.54) is 12.1 Å². The second kappa shape index (κ2) is 5.75. The van der Waals surface area contributed by atoms with E-state index in [0.717, 1.165) is 12.1 Å². The Morgan fingerprint density at radius 1 is 1.18 bits per heavy atom. The molecule has 0 spiro atoms. The van der Waals surface area contributed by atoms with Crippen LogP contribution in [0.2, 0.25) is 0 Å². The average molecular weight is 312 g/mol. The van der Waals surface area contributed by atoms with E-state index in [1.807, 2.05) is 0 Å². The van der Waals surface area contributed by atoms with Gasteiger partial charge in [0.1, 0.15) is 5.76 Å². The first-order chi connectivity index (χ1) is 10.2. The van der Waals surface area contributed by atoms with Gasteiger partial charge in [-0.2, -0.15) is 13.2 Å². The number of nitrogens with one attached hydrogen (secondary N) is 1. The predicted octanol–water partition coefficient (Wildman–Crippen LogP) is 3.93. The number of halogens is 3. The number of aryl methyl sites for hydroxylation is 1. The number of hydrogen-bond acceptors (Lipinski definition) is 3. The number of rotatable bonds is 3. The minimum absolute atomic E-state index is 0.0413. The quantitative estimate of drug-likeness (QED) is 0.934. The Hall–Kier alpha value is -2.44. The van der Waals surface area contributed by atoms with Crippen LogP contribution in [-0.2, 0) is 6.18 Å². The third-order valence-electron chi connectivity index (χ3n) is 3.02. The number of carbonyl (C=O) groups excluding carboxylic acids is 1. The van der Waals surface area contributed by atoms with Crippen LogP contribution in [0.4, 0.5) is 24.5 Å². The minimum Gasteiger partial charge on any atom is -0.456 e. The normalized spacial score (nSPS) is 11.4. The molecule has 1 heterocycles. The fourth-order valence-corrected chi connectivity index (χ4v) is 1.94. The number of benzene rings is 1. The monoisotopic (exact) mass is 312 g/mol. The molecule has 0 saturated heterocycles. The van der Waals surface area contributed by atoms with Crippen LogP contribution in [-0.4, -0.2) is 20.0 Å². The summed E-state index contributed by atoms with van der Waals surface area (Å²) in [7, 11) is 3.35. The maximum absolute atomic E-state index is 12.8. The van der Waals surface area contributed by atoms with Crippen LogP contribution in [0.25, 0.3) is 0 Å². The van der Waals surface area contributed by atoms with Gasteiger partial charge in [-0.05, 0) is 37.3 Å². The fraction of sp³-hybridized carbons (Fsp3) is 0.267. The molecule has 1 N–H and O–H groups in total. The van der Waals surface area contributed by atoms with Crippen LogP contribution in [0.5, 0.6) is 0 Å². The van der Waals surface area contributed by atoms with Gasteiger partial charge in [0.05, 0.1) is 16.9 Å². The van der Waals surface area contributed by atoms with Crippen molar-refractivity contribution >= 4 is 17.3 Å². The Kier molecular flexibility index (Phi) is 4.16. The SMILES string of the molecule is Cc1ccc(C(=O)Nc2cc(C(F)(F)F)ccc2N(C)C)o1. The smallest absolute Gasteiger partial charge is 0.416 e. The molecular weight excluding hydrogens is 297 g/mol. The lowest BCUT2D eigenvalue weighted by Gasteiger charge is -2.19. The van der Waals surface area contributed by atoms with E-state index in [1.54, 1.807) is 32.0 Å². The van der Waals surface area contributed by atoms with Crippen LogP contribution in [0.1, 0.15) is 21.9 Å². The molecule has 1 amide bonds. The molecule has 0 aliphatic rings. The number of carbonyl (C=O) groups is 1. The molecular formula is C15H15F3N2O2. The number of anilines is 2. The van der Waals surface area contributed by atoms with Gasteiger partial charge in [-0.15, -0.1) is 0 Å². The van der Waals surface area contributed by atoms with E-state index in [-0.39, 0.29) is 11.4 Å². The summed E-state index contributed by atoms with van der Waals surface area (Å²) in [6.07, 6.45) is -4.48. The third-order valence-corrected chi connectivity index (χ3v) is 3.02. The average Bonchev–Trinajstić information content (AvgIpc) is 2.84. The van der Waals surface area contributed by atoms with Crippen LogP contribution < -0.4 is 10.2 Å². The Labute approximate surface area is 125 Å². The second-order valence-electron chi connectivity index (χ2n) is 4.99. The second-order valence-corrected chi connectivity index (χ2v) is 4.99. The molecule has 1 aromatic carbocycles. The van der Waals surface area contributed by atoms with Gasteiger partial charge >= 0.3 is 6.18 Å². The van der Waals surface area contributed by atoms with Crippen molar-refractivity contribution in [3.05, 3.63) is 47.4 Å². The third kappa shape index (κ3) is 3.41. The summed E-state index contributed by atoms with van der Waals surface area (Å²) in [6.45, 7) is 1.67. The molecule has 118 valence electrons. The molecule has 0 saturated carbocycles. The van der Waals surface area contributed by atoms with Crippen molar-refractivity contribution in [2.24, 2.45) is 0 Å². The van der Waals surface area contributed by atoms with E-state index < -0.39 is 17.6 Å². The highest BCUT2D eigenvalue weighted by molar-refractivity contribution is 6.04. The van der Waals surface area contributed by atoms with E-state index >= 15 is 0 Å². The van der Waals surface area contributed by atoms with Crippen molar-refractivity contribution < 1.29 is 22.4 Å². The van der Waals surface area contributed by atoms with Crippen LogP contribution in [0.15, 0.2) is 34.7 Å². The van der Waals surface area contributed by atoms with Crippen molar-refractivity contribution in [2.45, 2.75) is 13.1 Å². The molecule has 22 heavy (non-hydrogen) atoms. The van der Waals surface area contributed by atoms with Crippen LogP contribution in [0.3, 0.4) is 0 Å². The molecule has 0 aliphatic carbocycles. The van der Waals surface area contributed by atoms with E-state index in [0.29, 0.717) is 11.4 Å². The minimum atomic E-state index is -4.48. The summed E-state index contributed by atoms with van der Waals surface area (Å²) in [4.78, 5) is 13.7. The van der Waals surface area contributed by atoms with Gasteiger partial charge in [-0.3, -0.25) is 4.79 Å². The maximum atomic E-state index is 12.8. The lowest BCUT2D eigenvalue weighted by atomic mass is 10.1. The standard InChI is InChI=1S/C15H15F3N2O2/c1-9-4-7-13(22-9)14(21)19-11-8-10(15(16,17)18)5-6-12(11)20(2)3/h4-8H,1-3H3,(H,19,21). The van der Waals surface area contributed by atoms with Gasteiger partial charge in [0.25, 0.3) is 5.91 Å². The zero-order valence-corrected chi connectivity index (χ0v) is 12.3. The maximum Gasteiger partial charge on any atom is 0.416 e. The highest BCUT2D eigenvalue weighted by Gasteiger charge is 2.31. The molecule has 0 aliphatic heterocycles. The van der Waals surface area contributed by atoms with Gasteiger partial charge in [0.2, 0.25) is 0 Å². The summed E-state index contributed by atoms with van der Waals surface area (Å²) in [5.74, 6) is -0.0165. The number of nitrogens with zero attached hydrogens (tertiary/aromatic N) is 1. The number of hydrogen-bond donors (Lipinski definition) is 1. The topological polar surface area (TPSA) is 45.5 Å². The molecule has 0 bridgehead atoms. The molecule has 0 radical (unpaired) electrons. The lowest BCUT2D eigenvalue weighted by molar-refractivity contribution is -0.137. The summed E-state index contributed by atoms with van der Waals surface area (Å²) >= 11 is 0. The summed E-state index contributed by atoms with van der Waals surface area (Å²) in [5.41, 5.74) is -0.299. The molecule has 1 aromatic heterocycles. The highest BCUT2D eigenvalue weighted by atomic mass is 19.4. The van der Waals surface area contributed by atoms with Gasteiger partial charge in [0.15, 0.2) is 5.76 Å². The molecule has 0 unspecified atom stereocenters. The molecule has 0 fully saturated rings. The van der Waals surface area contributed by atoms with Crippen LogP contribution in [0, 0.1) is 6.92 Å². The fourth-order valence-electron chi connectivity index (χ4n) is 1.94. The van der Waals surface area contributed by atoms with Crippen molar-refractivity contribution in [3.8, 4) is 0 Å². The Balaban J connectivity index is 2.37. The molecule has 2 aromatic rings. The van der Waals surface area contributed by atoms with E-state index in [4.69, 9.17) is 4.42 Å². The Bertz CT molecular complexity index is 690. The van der Waals surface area contributed by atoms with Gasteiger partial charge in [-0.25, -0.2) is 0 Å². The number of amides is 1. The Morgan fingerprint density at radius 3 is 2.36 bits per heavy atom. The zero-order chi connectivity index (χ0) is 16.5. The molecule has 4 nitrogen and oxygen atoms in total. The highest BCUT2D eigenvalue weighted by Crippen LogP contribution is 2.35. The largest absolute Gasteiger partial charge is 0.456 e. The van der Waals surface area contributed by atoms with Crippen molar-refractivity contribution in [1.82, 2.24) is 0 Å². The summed E-state index contributed by atoms with van der Waals surface area (Å²) < 4.78 is 43.6. The van der Waals surface area contributed by atoms with Crippen molar-refractivity contribution in [3.63, 3.8) is 0 Å². The van der Waals surface area contributed by atoms with E-state index in [2.05, 4.69) is 5.32 Å². The first-order valence-electron chi connectivity index (χ1n) is 6.45. The van der Waals surface area contributed by atoms with Crippen molar-refractivity contribution in [2.75, 3.05) is 24.3 Å².